The van der Waals surface area contributed by atoms with Crippen molar-refractivity contribution in [1.82, 2.24) is 10.2 Å². The summed E-state index contributed by atoms with van der Waals surface area (Å²) in [5.74, 6) is 0. The molecule has 1 aliphatic heterocycles. The smallest absolute Gasteiger partial charge is 0.0452 e. The van der Waals surface area contributed by atoms with Gasteiger partial charge < -0.3 is 5.32 Å². The zero-order valence-electron chi connectivity index (χ0n) is 14.3. The summed E-state index contributed by atoms with van der Waals surface area (Å²) < 4.78 is 0. The van der Waals surface area contributed by atoms with Crippen LogP contribution in [-0.2, 0) is 0 Å². The molecule has 21 heavy (non-hydrogen) atoms. The van der Waals surface area contributed by atoms with Crippen molar-refractivity contribution >= 4 is 0 Å². The highest BCUT2D eigenvalue weighted by atomic mass is 15.2. The van der Waals surface area contributed by atoms with Gasteiger partial charge in [0.2, 0.25) is 0 Å². The predicted molar refractivity (Wildman–Crippen MR) is 91.8 cm³/mol. The summed E-state index contributed by atoms with van der Waals surface area (Å²) in [6, 6.07) is 8.16. The highest BCUT2D eigenvalue weighted by Crippen LogP contribution is 2.25. The lowest BCUT2D eigenvalue weighted by atomic mass is 9.98. The van der Waals surface area contributed by atoms with E-state index in [1.54, 1.807) is 0 Å². The Morgan fingerprint density at radius 1 is 1.29 bits per heavy atom. The molecular weight excluding hydrogens is 256 g/mol. The molecule has 1 aliphatic rings. The summed E-state index contributed by atoms with van der Waals surface area (Å²) in [5, 5.41) is 3.78. The molecule has 0 amide bonds. The SMILES string of the molecule is CCCNC(CN1CCCC1CC)c1ccc(C)cc1C. The topological polar surface area (TPSA) is 15.3 Å². The Hall–Kier alpha value is -0.860. The molecule has 2 atom stereocenters. The molecule has 0 aromatic heterocycles. The van der Waals surface area contributed by atoms with Crippen LogP contribution >= 0.6 is 0 Å². The molecule has 0 saturated carbocycles. The van der Waals surface area contributed by atoms with E-state index in [1.165, 1.54) is 48.9 Å². The van der Waals surface area contributed by atoms with Crippen molar-refractivity contribution in [2.45, 2.75) is 65.5 Å². The van der Waals surface area contributed by atoms with E-state index in [9.17, 15) is 0 Å². The number of benzene rings is 1. The molecule has 1 aromatic rings. The summed E-state index contributed by atoms with van der Waals surface area (Å²) in [7, 11) is 0. The number of nitrogens with one attached hydrogen (secondary N) is 1. The van der Waals surface area contributed by atoms with Gasteiger partial charge in [-0.2, -0.15) is 0 Å². The van der Waals surface area contributed by atoms with E-state index < -0.39 is 0 Å². The van der Waals surface area contributed by atoms with Gasteiger partial charge in [-0.1, -0.05) is 37.6 Å². The summed E-state index contributed by atoms with van der Waals surface area (Å²) in [6.07, 6.45) is 5.22. The van der Waals surface area contributed by atoms with Gasteiger partial charge in [0.15, 0.2) is 0 Å². The van der Waals surface area contributed by atoms with E-state index in [4.69, 9.17) is 0 Å². The van der Waals surface area contributed by atoms with Crippen LogP contribution in [0.15, 0.2) is 18.2 Å². The third kappa shape index (κ3) is 4.31. The zero-order chi connectivity index (χ0) is 15.2. The maximum Gasteiger partial charge on any atom is 0.0452 e. The fraction of sp³-hybridized carbons (Fsp3) is 0.684. The van der Waals surface area contributed by atoms with Gasteiger partial charge >= 0.3 is 0 Å². The van der Waals surface area contributed by atoms with Crippen LogP contribution in [-0.4, -0.2) is 30.6 Å². The van der Waals surface area contributed by atoms with Crippen molar-refractivity contribution in [3.8, 4) is 0 Å². The van der Waals surface area contributed by atoms with Crippen molar-refractivity contribution in [1.29, 1.82) is 0 Å². The number of hydrogen-bond acceptors (Lipinski definition) is 2. The van der Waals surface area contributed by atoms with Crippen LogP contribution in [0.1, 0.15) is 62.3 Å². The van der Waals surface area contributed by atoms with Gasteiger partial charge in [-0.25, -0.2) is 0 Å². The third-order valence-corrected chi connectivity index (χ3v) is 4.83. The Morgan fingerprint density at radius 2 is 2.10 bits per heavy atom. The van der Waals surface area contributed by atoms with E-state index >= 15 is 0 Å². The lowest BCUT2D eigenvalue weighted by Crippen LogP contribution is -2.38. The van der Waals surface area contributed by atoms with Crippen molar-refractivity contribution in [3.05, 3.63) is 34.9 Å². The fourth-order valence-corrected chi connectivity index (χ4v) is 3.64. The largest absolute Gasteiger partial charge is 0.309 e. The van der Waals surface area contributed by atoms with Crippen LogP contribution in [0.5, 0.6) is 0 Å². The number of aryl methyl sites for hydroxylation is 2. The molecule has 0 aliphatic carbocycles. The molecule has 1 heterocycles. The van der Waals surface area contributed by atoms with Crippen LogP contribution in [0.4, 0.5) is 0 Å². The molecule has 2 nitrogen and oxygen atoms in total. The van der Waals surface area contributed by atoms with Gasteiger partial charge in [-0.15, -0.1) is 0 Å². The van der Waals surface area contributed by atoms with Crippen LogP contribution in [0.25, 0.3) is 0 Å². The van der Waals surface area contributed by atoms with Crippen LogP contribution in [0.2, 0.25) is 0 Å². The molecular formula is C19H32N2. The number of likely N-dealkylation sites (tertiary alicyclic amines) is 1. The molecule has 2 unspecified atom stereocenters. The first kappa shape index (κ1) is 16.5. The molecule has 0 spiro atoms. The number of nitrogens with zero attached hydrogens (tertiary/aromatic N) is 1. The Kier molecular flexibility index (Phi) is 6.25. The van der Waals surface area contributed by atoms with Gasteiger partial charge in [0.05, 0.1) is 0 Å². The third-order valence-electron chi connectivity index (χ3n) is 4.83. The number of hydrogen-bond donors (Lipinski definition) is 1. The second-order valence-corrected chi connectivity index (χ2v) is 6.57. The molecule has 2 rings (SSSR count). The molecule has 0 bridgehead atoms. The minimum atomic E-state index is 0.470. The van der Waals surface area contributed by atoms with Gasteiger partial charge in [0.25, 0.3) is 0 Å². The minimum Gasteiger partial charge on any atom is -0.309 e. The van der Waals surface area contributed by atoms with Crippen LogP contribution in [0.3, 0.4) is 0 Å². The standard InChI is InChI=1S/C19H32N2/c1-5-11-20-19(14-21-12-7-8-17(21)6-2)18-10-9-15(3)13-16(18)4/h9-10,13,17,19-20H,5-8,11-12,14H2,1-4H3. The molecule has 2 heteroatoms. The lowest BCUT2D eigenvalue weighted by Gasteiger charge is -2.30. The molecule has 1 aromatic carbocycles. The molecule has 1 saturated heterocycles. The first-order valence-electron chi connectivity index (χ1n) is 8.70. The van der Waals surface area contributed by atoms with E-state index in [2.05, 4.69) is 56.1 Å². The minimum absolute atomic E-state index is 0.470. The monoisotopic (exact) mass is 288 g/mol. The molecule has 0 radical (unpaired) electrons. The van der Waals surface area contributed by atoms with Crippen LogP contribution in [0, 0.1) is 13.8 Å². The predicted octanol–water partition coefficient (Wildman–Crippen LogP) is 4.22. The summed E-state index contributed by atoms with van der Waals surface area (Å²) in [6.45, 7) is 12.5. The Labute approximate surface area is 130 Å². The highest BCUT2D eigenvalue weighted by molar-refractivity contribution is 5.33. The van der Waals surface area contributed by atoms with Gasteiger partial charge in [-0.3, -0.25) is 4.90 Å². The van der Waals surface area contributed by atoms with Crippen molar-refractivity contribution in [3.63, 3.8) is 0 Å². The molecule has 1 N–H and O–H groups in total. The normalized spacial score (nSPS) is 20.9. The van der Waals surface area contributed by atoms with Crippen molar-refractivity contribution in [2.24, 2.45) is 0 Å². The van der Waals surface area contributed by atoms with E-state index in [1.807, 2.05) is 0 Å². The quantitative estimate of drug-likeness (QED) is 0.808. The van der Waals surface area contributed by atoms with E-state index in [-0.39, 0.29) is 0 Å². The summed E-state index contributed by atoms with van der Waals surface area (Å²) >= 11 is 0. The first-order chi connectivity index (χ1) is 10.2. The Bertz CT molecular complexity index is 441. The zero-order valence-corrected chi connectivity index (χ0v) is 14.3. The Morgan fingerprint density at radius 3 is 2.76 bits per heavy atom. The van der Waals surface area contributed by atoms with Gasteiger partial charge in [-0.05, 0) is 63.7 Å². The number of rotatable bonds is 7. The second-order valence-electron chi connectivity index (χ2n) is 6.57. The van der Waals surface area contributed by atoms with Gasteiger partial charge in [0, 0.05) is 18.6 Å². The second kappa shape index (κ2) is 7.95. The average molecular weight is 288 g/mol. The van der Waals surface area contributed by atoms with E-state index in [0.717, 1.165) is 19.1 Å². The maximum atomic E-state index is 3.78. The highest BCUT2D eigenvalue weighted by Gasteiger charge is 2.26. The van der Waals surface area contributed by atoms with Gasteiger partial charge in [0.1, 0.15) is 0 Å². The van der Waals surface area contributed by atoms with E-state index in [0.29, 0.717) is 6.04 Å². The summed E-state index contributed by atoms with van der Waals surface area (Å²) in [5.41, 5.74) is 4.27. The molecule has 118 valence electrons. The molecule has 1 fully saturated rings. The first-order valence-corrected chi connectivity index (χ1v) is 8.70. The van der Waals surface area contributed by atoms with Crippen LogP contribution < -0.4 is 5.32 Å². The fourth-order valence-electron chi connectivity index (χ4n) is 3.64. The lowest BCUT2D eigenvalue weighted by molar-refractivity contribution is 0.220. The average Bonchev–Trinajstić information content (AvgIpc) is 2.91. The summed E-state index contributed by atoms with van der Waals surface area (Å²) in [4.78, 5) is 2.70. The maximum absolute atomic E-state index is 3.78. The Balaban J connectivity index is 2.13. The van der Waals surface area contributed by atoms with Crippen molar-refractivity contribution < 1.29 is 0 Å². The van der Waals surface area contributed by atoms with Crippen molar-refractivity contribution in [2.75, 3.05) is 19.6 Å².